The second-order valence-corrected chi connectivity index (χ2v) is 125. The van der Waals surface area contributed by atoms with Crippen molar-refractivity contribution < 1.29 is 0 Å². The van der Waals surface area contributed by atoms with E-state index >= 15 is 0 Å². The van der Waals surface area contributed by atoms with Crippen molar-refractivity contribution in [3.63, 3.8) is 0 Å². The zero-order chi connectivity index (χ0) is 62.0. The standard InChI is InChI=1S/C66H126Ge2Si12/c1-69(2,3)61(70(4,5)6)49-45-53(63(73(13,14)15)74(16,17)18)59(54(46-49)64(75(19,20)21)76(22,23)24)67-57-43-39-37-41-51(57)52-42-38-40-44-58(52)68(67)60-55(65(77(25,26)27)78(28,29)30)47-50(62(71(7,8)9)72(10,11)12)48-56(60)66(79(31,32)33)80(34,35)36/h37-48,61-66H,1-36H3. The average Bonchev–Trinajstić information content (AvgIpc) is 3.14. The predicted molar refractivity (Wildman–Crippen MR) is 411 cm³/mol. The molecule has 0 bridgehead atoms. The average molecular weight is 1400 g/mol. The second-order valence-electron chi connectivity index (χ2n) is 39.0. The zero-order valence-corrected chi connectivity index (χ0v) is 75.6. The van der Waals surface area contributed by atoms with Crippen molar-refractivity contribution >= 4 is 138 Å². The molecule has 5 rings (SSSR count). The third-order valence-electron chi connectivity index (χ3n) is 18.2. The topological polar surface area (TPSA) is 0 Å². The maximum absolute atomic E-state index is 3.11. The van der Waals surface area contributed by atoms with Gasteiger partial charge in [0.15, 0.2) is 0 Å². The molecule has 0 atom stereocenters. The fourth-order valence-corrected chi connectivity index (χ4v) is 131. The van der Waals surface area contributed by atoms with E-state index in [1.165, 1.54) is 0 Å². The normalized spacial score (nSPS) is 15.4. The number of fused-ring (bicyclic) bond motifs is 3. The predicted octanol–water partition coefficient (Wildman–Crippen LogP) is 19.7. The van der Waals surface area contributed by atoms with Crippen molar-refractivity contribution in [2.75, 3.05) is 0 Å². The van der Waals surface area contributed by atoms with E-state index in [2.05, 4.69) is 317 Å². The van der Waals surface area contributed by atoms with Crippen molar-refractivity contribution in [3.05, 3.63) is 106 Å². The van der Waals surface area contributed by atoms with Crippen molar-refractivity contribution in [2.24, 2.45) is 0 Å². The van der Waals surface area contributed by atoms with Crippen LogP contribution in [0, 0.1) is 0 Å². The minimum absolute atomic E-state index is 0.671. The molecule has 0 aliphatic carbocycles. The molecule has 0 N–H and O–H groups in total. The summed E-state index contributed by atoms with van der Waals surface area (Å²) in [4.78, 5) is 0. The van der Waals surface area contributed by atoms with E-state index in [0.717, 1.165) is 0 Å². The SMILES string of the molecule is C[Si](C)(C)C(c1cc(C([Si](C)(C)C)[Si](C)(C)C)[c]([Ge]2=[Ge]([c]3c(C([Si](C)(C)C)[Si](C)(C)C)cc(C([Si](C)(C)C)[Si](C)(C)C)cc3C([Si](C)(C)C)[Si](C)(C)C)[c]3ccccc3-c3cccc[c]32)c(C([Si](C)(C)C)[Si](C)(C)C)c1)[Si](C)(C)C. The minimum atomic E-state index is -2.69. The van der Waals surface area contributed by atoms with Gasteiger partial charge in [-0.05, 0) is 0 Å². The van der Waals surface area contributed by atoms with Crippen LogP contribution in [-0.2, 0) is 0 Å². The van der Waals surface area contributed by atoms with Gasteiger partial charge < -0.3 is 0 Å². The van der Waals surface area contributed by atoms with Crippen LogP contribution in [0.1, 0.15) is 64.4 Å². The summed E-state index contributed by atoms with van der Waals surface area (Å²) in [5, 5.41) is 4.09. The Balaban J connectivity index is 2.54. The van der Waals surface area contributed by atoms with Gasteiger partial charge in [-0.2, -0.15) is 0 Å². The fraction of sp³-hybridized carbons (Fsp3) is 0.636. The summed E-state index contributed by atoms with van der Waals surface area (Å²) >= 11 is -5.37. The summed E-state index contributed by atoms with van der Waals surface area (Å²) in [6, 6.07) is 33.3. The van der Waals surface area contributed by atoms with E-state index in [0.29, 0.717) is 31.0 Å². The van der Waals surface area contributed by atoms with Gasteiger partial charge in [-0.15, -0.1) is 0 Å². The van der Waals surface area contributed by atoms with Crippen LogP contribution in [0.3, 0.4) is 0 Å². The Labute approximate surface area is 517 Å². The van der Waals surface area contributed by atoms with E-state index in [1.807, 2.05) is 31.0 Å². The molecular weight excluding hydrogens is 1270 g/mol. The van der Waals surface area contributed by atoms with Crippen LogP contribution in [0.25, 0.3) is 11.1 Å². The summed E-state index contributed by atoms with van der Waals surface area (Å²) in [6.07, 6.45) is 0. The Kier molecular flexibility index (Phi) is 21.0. The van der Waals surface area contributed by atoms with E-state index in [4.69, 9.17) is 0 Å². The van der Waals surface area contributed by atoms with Crippen LogP contribution >= 0.6 is 0 Å². The number of hydrogen-bond acceptors (Lipinski definition) is 0. The Hall–Kier alpha value is 0.568. The molecule has 0 nitrogen and oxygen atoms in total. The van der Waals surface area contributed by atoms with Crippen LogP contribution < -0.4 is 17.6 Å². The molecule has 0 amide bonds. The van der Waals surface area contributed by atoms with Gasteiger partial charge in [0, 0.05) is 0 Å². The number of benzene rings is 4. The van der Waals surface area contributed by atoms with Gasteiger partial charge in [-0.25, -0.2) is 0 Å². The Bertz CT molecular complexity index is 2540. The molecule has 80 heavy (non-hydrogen) atoms. The molecule has 0 fully saturated rings. The summed E-state index contributed by atoms with van der Waals surface area (Å²) < 4.78 is 7.85. The van der Waals surface area contributed by atoms with E-state index < -0.39 is 121 Å². The van der Waals surface area contributed by atoms with Gasteiger partial charge in [-0.1, -0.05) is 0 Å². The summed E-state index contributed by atoms with van der Waals surface area (Å²) in [5.41, 5.74) is 14.6. The van der Waals surface area contributed by atoms with Crippen LogP contribution in [-0.4, -0.2) is 121 Å². The molecule has 1 aliphatic heterocycles. The van der Waals surface area contributed by atoms with Crippen LogP contribution in [0.5, 0.6) is 0 Å². The first-order valence-electron chi connectivity index (χ1n) is 31.7. The van der Waals surface area contributed by atoms with Gasteiger partial charge in [0.2, 0.25) is 0 Å². The number of rotatable bonds is 20. The van der Waals surface area contributed by atoms with Gasteiger partial charge in [0.1, 0.15) is 0 Å². The maximum atomic E-state index is 3.11. The van der Waals surface area contributed by atoms with Crippen LogP contribution in [0.4, 0.5) is 0 Å². The van der Waals surface area contributed by atoms with Crippen molar-refractivity contribution in [1.82, 2.24) is 0 Å². The Morgan fingerprint density at radius 3 is 0.550 bits per heavy atom. The van der Waals surface area contributed by atoms with Crippen molar-refractivity contribution in [2.45, 2.75) is 267 Å². The van der Waals surface area contributed by atoms with E-state index in [1.54, 1.807) is 22.3 Å². The molecular formula is C66H126Ge2Si12. The monoisotopic (exact) mass is 1400 g/mol. The van der Waals surface area contributed by atoms with Gasteiger partial charge in [0.25, 0.3) is 0 Å². The third kappa shape index (κ3) is 15.5. The molecule has 1 heterocycles. The van der Waals surface area contributed by atoms with Gasteiger partial charge in [0.05, 0.1) is 0 Å². The molecule has 0 spiro atoms. The first kappa shape index (κ1) is 71.3. The molecule has 0 saturated heterocycles. The molecule has 0 unspecified atom stereocenters. The third-order valence-corrected chi connectivity index (χ3v) is 100. The summed E-state index contributed by atoms with van der Waals surface area (Å²) in [6.45, 7) is 101. The molecule has 1 aliphatic rings. The number of hydrogen-bond donors (Lipinski definition) is 0. The molecule has 14 heteroatoms. The molecule has 0 aromatic heterocycles. The quantitative estimate of drug-likeness (QED) is 0.0682. The summed E-state index contributed by atoms with van der Waals surface area (Å²) in [7, 11) is -21.6. The van der Waals surface area contributed by atoms with Crippen molar-refractivity contribution in [1.29, 1.82) is 0 Å². The molecule has 0 radical (unpaired) electrons. The van der Waals surface area contributed by atoms with Gasteiger partial charge in [-0.3, -0.25) is 0 Å². The molecule has 446 valence electrons. The molecule has 4 aromatic rings. The summed E-state index contributed by atoms with van der Waals surface area (Å²) in [5.74, 6) is 0. The Morgan fingerprint density at radius 2 is 0.388 bits per heavy atom. The van der Waals surface area contributed by atoms with E-state index in [-0.39, 0.29) is 0 Å². The fourth-order valence-electron chi connectivity index (χ4n) is 19.4. The first-order valence-corrected chi connectivity index (χ1v) is 85.3. The van der Waals surface area contributed by atoms with Crippen molar-refractivity contribution in [3.8, 4) is 11.1 Å². The molecule has 4 aromatic carbocycles. The van der Waals surface area contributed by atoms with Crippen LogP contribution in [0.2, 0.25) is 236 Å². The van der Waals surface area contributed by atoms with Gasteiger partial charge >= 0.3 is 522 Å². The Morgan fingerprint density at radius 1 is 0.225 bits per heavy atom. The second kappa shape index (κ2) is 23.5. The van der Waals surface area contributed by atoms with Crippen LogP contribution in [0.15, 0.2) is 72.8 Å². The zero-order valence-electron chi connectivity index (χ0n) is 59.4. The molecule has 0 saturated carbocycles. The van der Waals surface area contributed by atoms with E-state index in [9.17, 15) is 0 Å². The first-order chi connectivity index (χ1) is 35.4.